The minimum Gasteiger partial charge on any atom is -1.00 e. The van der Waals surface area contributed by atoms with Gasteiger partial charge >= 0.3 is 24.4 Å². The Hall–Kier alpha value is -0.512. The van der Waals surface area contributed by atoms with Gasteiger partial charge in [-0.1, -0.05) is 0 Å². The molecule has 0 aromatic rings. The summed E-state index contributed by atoms with van der Waals surface area (Å²) >= 11 is 0. The Bertz CT molecular complexity index is 145. The van der Waals surface area contributed by atoms with E-state index in [9.17, 15) is 0 Å². The molecular formula is C7H7F6Sb. The molecule has 0 atom stereocenters. The van der Waals surface area contributed by atoms with E-state index in [0.29, 0.717) is 0 Å². The summed E-state index contributed by atoms with van der Waals surface area (Å²) in [5.74, 6) is 0. The van der Waals surface area contributed by atoms with E-state index >= 15 is 0 Å². The van der Waals surface area contributed by atoms with Gasteiger partial charge in [-0.15, -0.1) is 0 Å². The Morgan fingerprint density at radius 2 is 1.29 bits per heavy atom. The molecule has 82 valence electrons. The zero-order valence-electron chi connectivity index (χ0n) is 6.81. The first-order valence-electron chi connectivity index (χ1n) is 2.26. The summed E-state index contributed by atoms with van der Waals surface area (Å²) in [6.07, 6.45) is 9.87. The van der Waals surface area contributed by atoms with Crippen molar-refractivity contribution >= 4 is 24.4 Å². The second-order valence-corrected chi connectivity index (χ2v) is 1.49. The fraction of sp³-hybridized carbons (Fsp3) is 0. The third-order valence-electron chi connectivity index (χ3n) is 0.843. The fourth-order valence-corrected chi connectivity index (χ4v) is 0.478. The molecule has 0 aliphatic heterocycles. The van der Waals surface area contributed by atoms with Gasteiger partial charge in [0.25, 0.3) is 0 Å². The van der Waals surface area contributed by atoms with Crippen LogP contribution in [0.25, 0.3) is 0 Å². The molecule has 0 saturated carbocycles. The molecule has 1 rings (SSSR count). The molecule has 0 nitrogen and oxygen atoms in total. The van der Waals surface area contributed by atoms with Gasteiger partial charge in [-0.05, 0) is 6.58 Å². The van der Waals surface area contributed by atoms with Gasteiger partial charge in [-0.3, -0.25) is 0 Å². The van der Waals surface area contributed by atoms with Crippen LogP contribution in [0.1, 0.15) is 0 Å². The van der Waals surface area contributed by atoms with E-state index < -0.39 is 0 Å². The predicted octanol–water partition coefficient (Wildman–Crippen LogP) is -16.5. The smallest absolute Gasteiger partial charge is 1.00 e. The van der Waals surface area contributed by atoms with Gasteiger partial charge in [0.2, 0.25) is 0 Å². The SMILES string of the molecule is C=C1C=CC=C[CH+]1.[F-].[F-].[F-].[F-].[F-].[F-].[Sb+5]. The van der Waals surface area contributed by atoms with Crippen molar-refractivity contribution in [2.75, 3.05) is 0 Å². The van der Waals surface area contributed by atoms with Crippen molar-refractivity contribution in [2.24, 2.45) is 0 Å². The molecule has 0 aromatic carbocycles. The predicted molar refractivity (Wildman–Crippen MR) is 37.5 cm³/mol. The Kier molecular flexibility index (Phi) is 105. The molecule has 1 aliphatic rings. The Morgan fingerprint density at radius 3 is 1.43 bits per heavy atom. The van der Waals surface area contributed by atoms with Crippen LogP contribution in [0.3, 0.4) is 0 Å². The summed E-state index contributed by atoms with van der Waals surface area (Å²) in [6.45, 7) is 3.72. The van der Waals surface area contributed by atoms with Crippen molar-refractivity contribution in [1.29, 1.82) is 0 Å². The van der Waals surface area contributed by atoms with Crippen molar-refractivity contribution in [2.45, 2.75) is 0 Å². The monoisotopic (exact) mass is 326 g/mol. The zero-order chi connectivity index (χ0) is 5.11. The van der Waals surface area contributed by atoms with Crippen LogP contribution in [0.2, 0.25) is 0 Å². The van der Waals surface area contributed by atoms with E-state index in [1.165, 1.54) is 0 Å². The summed E-state index contributed by atoms with van der Waals surface area (Å²) in [7, 11) is 0. The molecule has 0 amide bonds. The fourth-order valence-electron chi connectivity index (χ4n) is 0.478. The van der Waals surface area contributed by atoms with Crippen LogP contribution in [0.15, 0.2) is 36.5 Å². The van der Waals surface area contributed by atoms with Gasteiger partial charge in [-0.2, -0.15) is 0 Å². The van der Waals surface area contributed by atoms with Gasteiger partial charge in [-0.25, -0.2) is 0 Å². The minimum atomic E-state index is 0. The molecule has 0 N–H and O–H groups in total. The Balaban J connectivity index is -0.0000000140. The average molecular weight is 327 g/mol. The molecule has 0 fully saturated rings. The maximum absolute atomic E-state index is 3.72. The molecule has 0 spiro atoms. The molecule has 14 heavy (non-hydrogen) atoms. The van der Waals surface area contributed by atoms with Crippen molar-refractivity contribution in [3.05, 3.63) is 42.9 Å². The van der Waals surface area contributed by atoms with Crippen molar-refractivity contribution in [3.63, 3.8) is 0 Å². The van der Waals surface area contributed by atoms with Gasteiger partial charge in [0.15, 0.2) is 0 Å². The summed E-state index contributed by atoms with van der Waals surface area (Å²) in [5, 5.41) is 0. The van der Waals surface area contributed by atoms with Gasteiger partial charge in [0.05, 0.1) is 5.57 Å². The summed E-state index contributed by atoms with van der Waals surface area (Å²) in [6, 6.07) is 0. The van der Waals surface area contributed by atoms with E-state index in [4.69, 9.17) is 0 Å². The van der Waals surface area contributed by atoms with Crippen LogP contribution in [0.5, 0.6) is 0 Å². The molecule has 0 radical (unpaired) electrons. The van der Waals surface area contributed by atoms with Crippen molar-refractivity contribution in [1.82, 2.24) is 0 Å². The maximum Gasteiger partial charge on any atom is 5.00 e. The molecule has 0 heterocycles. The van der Waals surface area contributed by atoms with Gasteiger partial charge in [0, 0.05) is 30.7 Å². The number of halogens is 6. The van der Waals surface area contributed by atoms with Crippen LogP contribution in [-0.2, 0) is 0 Å². The Labute approximate surface area is 95.8 Å². The van der Waals surface area contributed by atoms with Crippen molar-refractivity contribution < 1.29 is 28.2 Å². The summed E-state index contributed by atoms with van der Waals surface area (Å²) < 4.78 is 0. The van der Waals surface area contributed by atoms with Crippen molar-refractivity contribution in [3.8, 4) is 0 Å². The van der Waals surface area contributed by atoms with Crippen LogP contribution in [0.4, 0.5) is 0 Å². The number of hydrogen-bond donors (Lipinski definition) is 0. The van der Waals surface area contributed by atoms with E-state index in [-0.39, 0.29) is 52.7 Å². The number of hydrogen-bond acceptors (Lipinski definition) is 0. The molecule has 0 bridgehead atoms. The molecule has 0 saturated heterocycles. The molecule has 7 heteroatoms. The first-order valence-corrected chi connectivity index (χ1v) is 2.26. The average Bonchev–Trinajstić information content (AvgIpc) is 1.69. The maximum atomic E-state index is 3.72. The first kappa shape index (κ1) is 50.0. The largest absolute Gasteiger partial charge is 5.00 e. The first-order chi connectivity index (χ1) is 3.39. The normalized spacial score (nSPS) is 8.43. The summed E-state index contributed by atoms with van der Waals surface area (Å²) in [4.78, 5) is 0. The summed E-state index contributed by atoms with van der Waals surface area (Å²) in [5.41, 5.74) is 1.07. The quantitative estimate of drug-likeness (QED) is 0.236. The zero-order valence-corrected chi connectivity index (χ0v) is 9.36. The Morgan fingerprint density at radius 1 is 0.857 bits per heavy atom. The van der Waals surface area contributed by atoms with E-state index in [1.807, 2.05) is 30.7 Å². The molecule has 1 aliphatic carbocycles. The standard InChI is InChI=1S/C7H7.6FH.Sb/c1-7-5-3-2-4-6-7;;;;;;;/h2-6H,1H2;6*1H;/q+1;;;;;;;+5/p-6. The van der Waals surface area contributed by atoms with E-state index in [2.05, 4.69) is 6.58 Å². The third kappa shape index (κ3) is 22.5. The topological polar surface area (TPSA) is 0 Å². The second-order valence-electron chi connectivity index (χ2n) is 1.49. The molecular weight excluding hydrogens is 320 g/mol. The van der Waals surface area contributed by atoms with Gasteiger partial charge in [0.1, 0.15) is 0 Å². The van der Waals surface area contributed by atoms with Crippen LogP contribution in [0, 0.1) is 6.42 Å². The molecule has 0 aromatic heterocycles. The van der Waals surface area contributed by atoms with E-state index in [1.54, 1.807) is 0 Å². The van der Waals surface area contributed by atoms with Crippen LogP contribution >= 0.6 is 0 Å². The number of allylic oxidation sites excluding steroid dienone is 5. The van der Waals surface area contributed by atoms with Crippen LogP contribution < -0.4 is 28.2 Å². The minimum absolute atomic E-state index is 0. The third-order valence-corrected chi connectivity index (χ3v) is 0.843. The van der Waals surface area contributed by atoms with E-state index in [0.717, 1.165) is 5.57 Å². The number of rotatable bonds is 0. The second kappa shape index (κ2) is 29.4. The van der Waals surface area contributed by atoms with Crippen LogP contribution in [-0.4, -0.2) is 24.4 Å². The van der Waals surface area contributed by atoms with Gasteiger partial charge < -0.3 is 28.2 Å². The molecule has 0 unspecified atom stereocenters.